The van der Waals surface area contributed by atoms with Crippen LogP contribution in [0, 0.1) is 0 Å². The molecule has 2 rings (SSSR count). The van der Waals surface area contributed by atoms with Crippen LogP contribution >= 0.6 is 23.2 Å². The van der Waals surface area contributed by atoms with Crippen molar-refractivity contribution in [1.29, 1.82) is 0 Å². The van der Waals surface area contributed by atoms with Crippen molar-refractivity contribution in [3.63, 3.8) is 0 Å². The van der Waals surface area contributed by atoms with Gasteiger partial charge in [0.1, 0.15) is 13.1 Å². The van der Waals surface area contributed by atoms with Crippen molar-refractivity contribution in [2.45, 2.75) is 77.6 Å². The van der Waals surface area contributed by atoms with Gasteiger partial charge in [-0.25, -0.2) is 0 Å². The molecule has 0 saturated carbocycles. The number of nitrogens with one attached hydrogen (secondary N) is 1. The number of aromatic nitrogens is 3. The summed E-state index contributed by atoms with van der Waals surface area (Å²) in [6, 6.07) is 0. The predicted molar refractivity (Wildman–Crippen MR) is 127 cm³/mol. The third-order valence-electron chi connectivity index (χ3n) is 5.91. The quantitative estimate of drug-likeness (QED) is 0.288. The van der Waals surface area contributed by atoms with Crippen molar-refractivity contribution in [3.8, 4) is 0 Å². The van der Waals surface area contributed by atoms with E-state index >= 15 is 0 Å². The molecule has 1 amide bonds. The Morgan fingerprint density at radius 3 is 2.06 bits per heavy atom. The molecule has 1 fully saturated rings. The van der Waals surface area contributed by atoms with E-state index in [1.807, 2.05) is 0 Å². The molecule has 7 nitrogen and oxygen atoms in total. The second kappa shape index (κ2) is 16.8. The number of carbonyl (C=O) groups excluding carboxylic acids is 1. The first-order valence-corrected chi connectivity index (χ1v) is 12.6. The molecule has 1 aliphatic heterocycles. The summed E-state index contributed by atoms with van der Waals surface area (Å²) in [6.45, 7) is 6.44. The molecule has 0 atom stereocenters. The van der Waals surface area contributed by atoms with Crippen LogP contribution in [0.3, 0.4) is 0 Å². The zero-order chi connectivity index (χ0) is 22.4. The van der Waals surface area contributed by atoms with Gasteiger partial charge in [0.05, 0.1) is 19.8 Å². The number of unbranched alkanes of at least 4 members (excludes halogenated alkanes) is 8. The van der Waals surface area contributed by atoms with Gasteiger partial charge in [-0.3, -0.25) is 9.28 Å². The van der Waals surface area contributed by atoms with Crippen LogP contribution in [0.25, 0.3) is 0 Å². The fourth-order valence-electron chi connectivity index (χ4n) is 4.04. The van der Waals surface area contributed by atoms with E-state index in [0.717, 1.165) is 38.9 Å². The van der Waals surface area contributed by atoms with E-state index in [9.17, 15) is 4.79 Å². The lowest BCUT2D eigenvalue weighted by Crippen LogP contribution is -3.00. The Bertz CT molecular complexity index is 640. The van der Waals surface area contributed by atoms with Crippen LogP contribution in [0.4, 0.5) is 5.95 Å². The summed E-state index contributed by atoms with van der Waals surface area (Å²) in [5.74, 6) is 0.719. The Hall–Kier alpha value is -0.730. The normalized spacial score (nSPS) is 15.2. The smallest absolute Gasteiger partial charge is 0.334 e. The molecule has 2 heterocycles. The van der Waals surface area contributed by atoms with Gasteiger partial charge < -0.3 is 22.5 Å². The molecule has 0 aromatic carbocycles. The molecular formula is C22H38Cl3N5O2. The monoisotopic (exact) mass is 509 g/mol. The van der Waals surface area contributed by atoms with E-state index in [2.05, 4.69) is 27.2 Å². The summed E-state index contributed by atoms with van der Waals surface area (Å²) in [7, 11) is 0. The number of amides is 1. The Labute approximate surface area is 209 Å². The third-order valence-corrected chi connectivity index (χ3v) is 6.25. The number of hydrogen-bond donors (Lipinski definition) is 1. The Morgan fingerprint density at radius 1 is 0.906 bits per heavy atom. The highest BCUT2D eigenvalue weighted by molar-refractivity contribution is 6.31. The largest absolute Gasteiger partial charge is 1.00 e. The molecular weight excluding hydrogens is 473 g/mol. The number of quaternary nitrogens is 1. The third kappa shape index (κ3) is 10.9. The zero-order valence-electron chi connectivity index (χ0n) is 19.3. The van der Waals surface area contributed by atoms with Gasteiger partial charge in [-0.1, -0.05) is 58.3 Å². The highest BCUT2D eigenvalue weighted by atomic mass is 35.5. The Morgan fingerprint density at radius 2 is 1.47 bits per heavy atom. The zero-order valence-corrected chi connectivity index (χ0v) is 21.5. The van der Waals surface area contributed by atoms with Crippen molar-refractivity contribution < 1.29 is 21.9 Å². The molecule has 1 aliphatic rings. The van der Waals surface area contributed by atoms with Gasteiger partial charge in [0.25, 0.3) is 0 Å². The van der Waals surface area contributed by atoms with Gasteiger partial charge in [-0.05, 0) is 29.6 Å². The van der Waals surface area contributed by atoms with Gasteiger partial charge in [-0.2, -0.15) is 4.98 Å². The van der Waals surface area contributed by atoms with E-state index in [0.29, 0.717) is 36.6 Å². The van der Waals surface area contributed by atoms with E-state index in [4.69, 9.17) is 27.9 Å². The molecule has 0 radical (unpaired) electrons. The number of ether oxygens (including phenoxy) is 1. The lowest BCUT2D eigenvalue weighted by Gasteiger charge is -2.38. The highest BCUT2D eigenvalue weighted by Gasteiger charge is 2.36. The van der Waals surface area contributed by atoms with Crippen LogP contribution in [0.1, 0.15) is 77.6 Å². The van der Waals surface area contributed by atoms with Crippen molar-refractivity contribution in [2.24, 2.45) is 0 Å². The minimum absolute atomic E-state index is 0. The summed E-state index contributed by atoms with van der Waals surface area (Å²) in [4.78, 5) is 24.6. The van der Waals surface area contributed by atoms with Gasteiger partial charge in [0.15, 0.2) is 0 Å². The van der Waals surface area contributed by atoms with E-state index in [1.54, 1.807) is 0 Å². The number of hydrogen-bond acceptors (Lipinski definition) is 5. The summed E-state index contributed by atoms with van der Waals surface area (Å²) in [5.41, 5.74) is 0. The highest BCUT2D eigenvalue weighted by Crippen LogP contribution is 2.23. The number of rotatable bonds is 15. The van der Waals surface area contributed by atoms with Crippen LogP contribution in [-0.4, -0.2) is 60.3 Å². The van der Waals surface area contributed by atoms with Gasteiger partial charge in [-0.15, -0.1) is 9.97 Å². The Balaban J connectivity index is 0.00000512. The summed E-state index contributed by atoms with van der Waals surface area (Å²) in [6.07, 6.45) is 12.8. The minimum atomic E-state index is 0. The minimum Gasteiger partial charge on any atom is -1.00 e. The number of nitrogens with zero attached hydrogens (tertiary/aromatic N) is 4. The second-order valence-corrected chi connectivity index (χ2v) is 9.06. The molecule has 1 aromatic rings. The molecule has 10 heteroatoms. The average Bonchev–Trinajstić information content (AvgIpc) is 2.75. The van der Waals surface area contributed by atoms with Crippen molar-refractivity contribution >= 4 is 35.1 Å². The Kier molecular flexibility index (Phi) is 15.4. The molecule has 32 heavy (non-hydrogen) atoms. The molecule has 0 aliphatic carbocycles. The molecule has 1 saturated heterocycles. The van der Waals surface area contributed by atoms with Crippen molar-refractivity contribution in [2.75, 3.05) is 39.4 Å². The molecule has 1 N–H and O–H groups in total. The average molecular weight is 511 g/mol. The van der Waals surface area contributed by atoms with Crippen LogP contribution in [-0.2, 0) is 9.53 Å². The topological polar surface area (TPSA) is 77.0 Å². The van der Waals surface area contributed by atoms with E-state index < -0.39 is 0 Å². The van der Waals surface area contributed by atoms with Crippen LogP contribution < -0.4 is 22.2 Å². The summed E-state index contributed by atoms with van der Waals surface area (Å²) < 4.78 is 6.08. The van der Waals surface area contributed by atoms with E-state index in [-0.39, 0.29) is 28.9 Å². The molecule has 0 bridgehead atoms. The first kappa shape index (κ1) is 29.3. The lowest BCUT2D eigenvalue weighted by atomic mass is 10.1. The lowest BCUT2D eigenvalue weighted by molar-refractivity contribution is -0.121. The van der Waals surface area contributed by atoms with Gasteiger partial charge in [0.2, 0.25) is 16.5 Å². The first-order valence-electron chi connectivity index (χ1n) is 11.8. The van der Waals surface area contributed by atoms with E-state index in [1.165, 1.54) is 44.9 Å². The molecule has 184 valence electrons. The second-order valence-electron chi connectivity index (χ2n) is 8.38. The summed E-state index contributed by atoms with van der Waals surface area (Å²) >= 11 is 12.0. The van der Waals surface area contributed by atoms with Crippen molar-refractivity contribution in [3.05, 3.63) is 10.6 Å². The maximum Gasteiger partial charge on any atom is 0.334 e. The fraction of sp³-hybridized carbons (Fsp3) is 0.818. The SMILES string of the molecule is CCCCCCCCCCCC(=O)NCCC[N+]1(c2nc(Cl)nc(Cl)n2)CCOCC1.[Cl-]. The van der Waals surface area contributed by atoms with Crippen LogP contribution in [0.15, 0.2) is 0 Å². The molecule has 0 spiro atoms. The van der Waals surface area contributed by atoms with Crippen molar-refractivity contribution in [1.82, 2.24) is 24.8 Å². The first-order chi connectivity index (χ1) is 15.1. The number of halogens is 3. The predicted octanol–water partition coefficient (Wildman–Crippen LogP) is 1.95. The van der Waals surface area contributed by atoms with Gasteiger partial charge >= 0.3 is 5.95 Å². The summed E-state index contributed by atoms with van der Waals surface area (Å²) in [5, 5.41) is 3.26. The van der Waals surface area contributed by atoms with Crippen LogP contribution in [0.2, 0.25) is 10.6 Å². The number of carbonyl (C=O) groups is 1. The fourth-order valence-corrected chi connectivity index (χ4v) is 4.39. The molecule has 1 aromatic heterocycles. The number of morpholine rings is 1. The maximum atomic E-state index is 12.1. The van der Waals surface area contributed by atoms with Gasteiger partial charge in [0, 0.05) is 19.4 Å². The van der Waals surface area contributed by atoms with Crippen LogP contribution in [0.5, 0.6) is 0 Å². The molecule has 0 unspecified atom stereocenters. The maximum absolute atomic E-state index is 12.1. The standard InChI is InChI=1S/C22H37Cl2N5O2.ClH/c1-2-3-4-5-6-7-8-9-10-12-19(30)25-13-11-14-29(15-17-31-18-16-29)22-27-20(23)26-21(24)28-22;/h2-18H2,1H3;1H.